The Morgan fingerprint density at radius 2 is 1.59 bits per heavy atom. The van der Waals surface area contributed by atoms with E-state index < -0.39 is 32.6 Å². The molecule has 1 aromatic carbocycles. The van der Waals surface area contributed by atoms with E-state index >= 15 is 0 Å². The van der Waals surface area contributed by atoms with Crippen molar-refractivity contribution in [3.8, 4) is 28.7 Å². The molecule has 4 aromatic rings. The van der Waals surface area contributed by atoms with Gasteiger partial charge in [-0.2, -0.15) is 0 Å². The summed E-state index contributed by atoms with van der Waals surface area (Å²) in [5.41, 5.74) is 1.71. The zero-order valence-corrected chi connectivity index (χ0v) is 21.9. The molecular weight excluding hydrogens is 499 g/mol. The van der Waals surface area contributed by atoms with E-state index in [0.29, 0.717) is 28.7 Å². The lowest BCUT2D eigenvalue weighted by molar-refractivity contribution is 0.390. The molecule has 10 nitrogen and oxygen atoms in total. The lowest BCUT2D eigenvalue weighted by Gasteiger charge is -2.20. The lowest BCUT2D eigenvalue weighted by Crippen LogP contribution is -2.27. The Hall–Kier alpha value is -3.93. The smallest absolute Gasteiger partial charge is 0.187 e. The van der Waals surface area contributed by atoms with Crippen molar-refractivity contribution in [3.05, 3.63) is 72.0 Å². The van der Waals surface area contributed by atoms with Crippen molar-refractivity contribution < 1.29 is 22.3 Å². The number of aryl methyl sites for hydroxylation is 1. The Bertz CT molecular complexity index is 1490. The van der Waals surface area contributed by atoms with Gasteiger partial charge in [-0.1, -0.05) is 19.1 Å². The Morgan fingerprint density at radius 1 is 0.973 bits per heavy atom. The highest BCUT2D eigenvalue weighted by Crippen LogP contribution is 2.36. The molecule has 0 aliphatic carbocycles. The molecule has 4 rings (SSSR count). The first-order valence-electron chi connectivity index (χ1n) is 11.4. The van der Waals surface area contributed by atoms with Crippen molar-refractivity contribution in [2.24, 2.45) is 0 Å². The Balaban J connectivity index is 1.83. The van der Waals surface area contributed by atoms with E-state index in [1.54, 1.807) is 42.7 Å². The third-order valence-electron chi connectivity index (χ3n) is 6.12. The predicted octanol–water partition coefficient (Wildman–Crippen LogP) is 3.69. The fraction of sp³-hybridized carbons (Fsp3) is 0.320. The number of nitrogens with zero attached hydrogens (tertiary/aromatic N) is 6. The molecular formula is C25H27FN6O4S. The molecule has 0 amide bonds. The molecule has 12 heteroatoms. The first kappa shape index (κ1) is 26.1. The summed E-state index contributed by atoms with van der Waals surface area (Å²) in [5, 5.41) is 7.68. The summed E-state index contributed by atoms with van der Waals surface area (Å²) in [6.07, 6.45) is 2.04. The molecule has 0 unspecified atom stereocenters. The molecule has 0 fully saturated rings. The fourth-order valence-corrected chi connectivity index (χ4v) is 5.47. The number of para-hydroxylation sites is 1. The molecule has 3 aromatic heterocycles. The quantitative estimate of drug-likeness (QED) is 0.321. The highest BCUT2D eigenvalue weighted by atomic mass is 32.2. The number of hydrogen-bond donors (Lipinski definition) is 0. The molecule has 3 heterocycles. The second kappa shape index (κ2) is 10.6. The van der Waals surface area contributed by atoms with E-state index in [0.717, 1.165) is 18.1 Å². The minimum Gasteiger partial charge on any atom is -0.494 e. The van der Waals surface area contributed by atoms with Crippen LogP contribution >= 0.6 is 0 Å². The zero-order chi connectivity index (χ0) is 26.7. The topological polar surface area (TPSA) is 122 Å². The summed E-state index contributed by atoms with van der Waals surface area (Å²) in [5.74, 6) is -0.0434. The molecule has 0 saturated carbocycles. The van der Waals surface area contributed by atoms with Crippen molar-refractivity contribution in [3.63, 3.8) is 0 Å². The number of methoxy groups -OCH3 is 2. The van der Waals surface area contributed by atoms with Gasteiger partial charge in [0.25, 0.3) is 0 Å². The van der Waals surface area contributed by atoms with Gasteiger partial charge in [0.2, 0.25) is 0 Å². The van der Waals surface area contributed by atoms with Crippen LogP contribution in [0.4, 0.5) is 4.39 Å². The number of hydrogen-bond acceptors (Lipinski definition) is 9. The van der Waals surface area contributed by atoms with E-state index in [9.17, 15) is 12.8 Å². The number of ether oxygens (including phenoxy) is 2. The number of halogens is 1. The second-order valence-electron chi connectivity index (χ2n) is 8.51. The normalized spacial score (nSPS) is 13.2. The third-order valence-corrected chi connectivity index (χ3v) is 8.32. The van der Waals surface area contributed by atoms with E-state index in [1.165, 1.54) is 14.2 Å². The number of benzene rings is 1. The molecule has 0 bridgehead atoms. The summed E-state index contributed by atoms with van der Waals surface area (Å²) in [6, 6.07) is 10.7. The number of pyridine rings is 1. The van der Waals surface area contributed by atoms with Crippen LogP contribution in [-0.4, -0.2) is 57.6 Å². The SMILES string of the molecule is COc1cccc(OC)c1-n1c(CS(=O)(=O)[C@H](C)[C@@H](C)c2ncc(F)cn2)nnc1-c1cccc(C)n1. The minimum absolute atomic E-state index is 0.153. The third kappa shape index (κ3) is 5.29. The summed E-state index contributed by atoms with van der Waals surface area (Å²) in [6.45, 7) is 5.10. The minimum atomic E-state index is -3.82. The highest BCUT2D eigenvalue weighted by Gasteiger charge is 2.33. The van der Waals surface area contributed by atoms with Crippen LogP contribution < -0.4 is 9.47 Å². The molecule has 0 N–H and O–H groups in total. The Kier molecular flexibility index (Phi) is 7.48. The van der Waals surface area contributed by atoms with Gasteiger partial charge in [-0.25, -0.2) is 27.8 Å². The van der Waals surface area contributed by atoms with Crippen LogP contribution in [0.25, 0.3) is 17.2 Å². The van der Waals surface area contributed by atoms with Crippen LogP contribution in [0, 0.1) is 12.7 Å². The van der Waals surface area contributed by atoms with E-state index in [4.69, 9.17) is 9.47 Å². The maximum atomic E-state index is 13.6. The van der Waals surface area contributed by atoms with Crippen LogP contribution in [0.5, 0.6) is 11.5 Å². The lowest BCUT2D eigenvalue weighted by atomic mass is 10.1. The fourth-order valence-electron chi connectivity index (χ4n) is 3.92. The first-order valence-corrected chi connectivity index (χ1v) is 13.2. The molecule has 0 aliphatic rings. The number of aromatic nitrogens is 6. The monoisotopic (exact) mass is 526 g/mol. The molecule has 194 valence electrons. The van der Waals surface area contributed by atoms with Gasteiger partial charge in [0, 0.05) is 11.6 Å². The second-order valence-corrected chi connectivity index (χ2v) is 10.9. The average molecular weight is 527 g/mol. The molecule has 0 saturated heterocycles. The van der Waals surface area contributed by atoms with E-state index in [2.05, 4.69) is 25.1 Å². The number of rotatable bonds is 9. The maximum Gasteiger partial charge on any atom is 0.187 e. The van der Waals surface area contributed by atoms with Crippen molar-refractivity contribution in [1.29, 1.82) is 0 Å². The van der Waals surface area contributed by atoms with Gasteiger partial charge in [0.05, 0.1) is 31.9 Å². The van der Waals surface area contributed by atoms with Crippen molar-refractivity contribution in [2.45, 2.75) is 37.7 Å². The standard InChI is InChI=1S/C25H27FN6O4S/c1-15-8-6-9-19(29-15)25-31-30-22(32(25)23-20(35-4)10-7-11-21(23)36-5)14-37(33,34)17(3)16(2)24-27-12-18(26)13-28-24/h6-13,16-17H,14H2,1-5H3/t16-,17-/m1/s1. The largest absolute Gasteiger partial charge is 0.494 e. The highest BCUT2D eigenvalue weighted by molar-refractivity contribution is 7.91. The average Bonchev–Trinajstić information content (AvgIpc) is 3.29. The van der Waals surface area contributed by atoms with Crippen molar-refractivity contribution in [2.75, 3.05) is 14.2 Å². The first-order chi connectivity index (χ1) is 17.7. The number of sulfone groups is 1. The summed E-state index contributed by atoms with van der Waals surface area (Å²) in [4.78, 5) is 12.5. The maximum absolute atomic E-state index is 13.6. The Morgan fingerprint density at radius 3 is 2.19 bits per heavy atom. The van der Waals surface area contributed by atoms with Crippen molar-refractivity contribution >= 4 is 9.84 Å². The van der Waals surface area contributed by atoms with Crippen LogP contribution in [0.15, 0.2) is 48.8 Å². The summed E-state index contributed by atoms with van der Waals surface area (Å²) in [7, 11) is -0.797. The van der Waals surface area contributed by atoms with Gasteiger partial charge in [-0.05, 0) is 38.1 Å². The summed E-state index contributed by atoms with van der Waals surface area (Å²) < 4.78 is 53.2. The van der Waals surface area contributed by atoms with Crippen molar-refractivity contribution in [1.82, 2.24) is 29.7 Å². The van der Waals surface area contributed by atoms with Gasteiger partial charge < -0.3 is 9.47 Å². The predicted molar refractivity (Wildman–Crippen MR) is 135 cm³/mol. The van der Waals surface area contributed by atoms with E-state index in [-0.39, 0.29) is 11.6 Å². The van der Waals surface area contributed by atoms with Crippen LogP contribution in [-0.2, 0) is 15.6 Å². The van der Waals surface area contributed by atoms with Gasteiger partial charge in [-0.3, -0.25) is 4.57 Å². The molecule has 37 heavy (non-hydrogen) atoms. The van der Waals surface area contributed by atoms with Gasteiger partial charge in [-0.15, -0.1) is 10.2 Å². The van der Waals surface area contributed by atoms with Crippen LogP contribution in [0.3, 0.4) is 0 Å². The van der Waals surface area contributed by atoms with Gasteiger partial charge in [0.1, 0.15) is 34.5 Å². The van der Waals surface area contributed by atoms with Crippen LogP contribution in [0.2, 0.25) is 0 Å². The zero-order valence-electron chi connectivity index (χ0n) is 21.1. The Labute approximate surface area is 214 Å². The van der Waals surface area contributed by atoms with Gasteiger partial charge in [0.15, 0.2) is 27.3 Å². The van der Waals surface area contributed by atoms with Crippen LogP contribution in [0.1, 0.15) is 37.1 Å². The molecule has 0 radical (unpaired) electrons. The molecule has 0 aliphatic heterocycles. The van der Waals surface area contributed by atoms with Gasteiger partial charge >= 0.3 is 0 Å². The summed E-state index contributed by atoms with van der Waals surface area (Å²) >= 11 is 0. The van der Waals surface area contributed by atoms with E-state index in [1.807, 2.05) is 19.1 Å². The molecule has 0 spiro atoms. The molecule has 2 atom stereocenters.